The maximum atomic E-state index is 12.7. The number of hydrogen-bond acceptors (Lipinski definition) is 6. The molecule has 0 aliphatic carbocycles. The number of carbonyl (C=O) groups is 3. The first-order valence-electron chi connectivity index (χ1n) is 9.03. The summed E-state index contributed by atoms with van der Waals surface area (Å²) in [4.78, 5) is 38.5. The van der Waals surface area contributed by atoms with Crippen LogP contribution in [0.5, 0.6) is 11.5 Å². The number of anilines is 1. The second-order valence-electron chi connectivity index (χ2n) is 6.13. The molecule has 1 fully saturated rings. The van der Waals surface area contributed by atoms with Crippen LogP contribution in [0.1, 0.15) is 12.5 Å². The van der Waals surface area contributed by atoms with E-state index in [4.69, 9.17) is 9.47 Å². The third-order valence-electron chi connectivity index (χ3n) is 4.11. The predicted molar refractivity (Wildman–Crippen MR) is 125 cm³/mol. The minimum absolute atomic E-state index is 0.219. The van der Waals surface area contributed by atoms with Gasteiger partial charge in [-0.15, -0.1) is 0 Å². The van der Waals surface area contributed by atoms with E-state index in [-0.39, 0.29) is 11.4 Å². The van der Waals surface area contributed by atoms with Gasteiger partial charge >= 0.3 is 0 Å². The molecule has 0 atom stereocenters. The summed E-state index contributed by atoms with van der Waals surface area (Å²) < 4.78 is 12.0. The van der Waals surface area contributed by atoms with Gasteiger partial charge in [0.25, 0.3) is 11.1 Å². The summed E-state index contributed by atoms with van der Waals surface area (Å²) in [5.74, 6) is 0.0525. The highest BCUT2D eigenvalue weighted by molar-refractivity contribution is 14.1. The molecule has 1 N–H and O–H groups in total. The molecule has 1 aliphatic heterocycles. The maximum Gasteiger partial charge on any atom is 0.294 e. The Morgan fingerprint density at radius 2 is 1.93 bits per heavy atom. The number of para-hydroxylation sites is 1. The highest BCUT2D eigenvalue weighted by Gasteiger charge is 2.36. The highest BCUT2D eigenvalue weighted by atomic mass is 127. The van der Waals surface area contributed by atoms with Crippen molar-refractivity contribution in [2.45, 2.75) is 6.92 Å². The van der Waals surface area contributed by atoms with Crippen LogP contribution in [-0.4, -0.2) is 42.2 Å². The molecule has 2 aromatic carbocycles. The molecule has 7 nitrogen and oxygen atoms in total. The summed E-state index contributed by atoms with van der Waals surface area (Å²) in [5, 5.41) is 2.19. The molecule has 3 amide bonds. The van der Waals surface area contributed by atoms with Crippen molar-refractivity contribution in [3.8, 4) is 11.5 Å². The number of carbonyl (C=O) groups excluding carboxylic acids is 3. The van der Waals surface area contributed by atoms with Crippen LogP contribution >= 0.6 is 34.4 Å². The van der Waals surface area contributed by atoms with Gasteiger partial charge in [0.15, 0.2) is 11.5 Å². The largest absolute Gasteiger partial charge is 0.493 e. The number of nitrogens with one attached hydrogen (secondary N) is 1. The number of benzene rings is 2. The van der Waals surface area contributed by atoms with Crippen molar-refractivity contribution < 1.29 is 23.9 Å². The van der Waals surface area contributed by atoms with Crippen molar-refractivity contribution in [1.29, 1.82) is 0 Å². The zero-order valence-electron chi connectivity index (χ0n) is 16.3. The van der Waals surface area contributed by atoms with Crippen LogP contribution in [-0.2, 0) is 9.59 Å². The Labute approximate surface area is 191 Å². The minimum atomic E-state index is -0.520. The quantitative estimate of drug-likeness (QED) is 0.417. The monoisotopic (exact) mass is 538 g/mol. The van der Waals surface area contributed by atoms with E-state index in [1.807, 2.05) is 19.1 Å². The number of imide groups is 1. The van der Waals surface area contributed by atoms with Crippen LogP contribution in [0, 0.1) is 3.57 Å². The molecule has 0 unspecified atom stereocenters. The Morgan fingerprint density at radius 3 is 2.60 bits per heavy atom. The van der Waals surface area contributed by atoms with E-state index in [1.54, 1.807) is 36.4 Å². The molecule has 1 heterocycles. The zero-order valence-corrected chi connectivity index (χ0v) is 19.3. The Hall–Kier alpha value is -2.53. The number of halogens is 1. The van der Waals surface area contributed by atoms with Crippen LogP contribution in [0.25, 0.3) is 6.08 Å². The third-order valence-corrected chi connectivity index (χ3v) is 5.73. The van der Waals surface area contributed by atoms with Crippen LogP contribution in [0.15, 0.2) is 47.4 Å². The fourth-order valence-electron chi connectivity index (χ4n) is 2.76. The SMILES string of the molecule is CCOc1c(/C=C2/SC(=O)N(CC(=O)Nc3ccc(I)cc3)C2=O)cccc1OC. The van der Waals surface area contributed by atoms with E-state index in [0.717, 1.165) is 20.2 Å². The molecule has 0 radical (unpaired) electrons. The molecular weight excluding hydrogens is 519 g/mol. The van der Waals surface area contributed by atoms with E-state index in [2.05, 4.69) is 27.9 Å². The summed E-state index contributed by atoms with van der Waals surface area (Å²) in [6.07, 6.45) is 1.58. The Kier molecular flexibility index (Phi) is 7.38. The lowest BCUT2D eigenvalue weighted by Gasteiger charge is -2.13. The van der Waals surface area contributed by atoms with Gasteiger partial charge < -0.3 is 14.8 Å². The normalized spacial score (nSPS) is 14.9. The van der Waals surface area contributed by atoms with Gasteiger partial charge in [-0.2, -0.15) is 0 Å². The Balaban J connectivity index is 1.76. The maximum absolute atomic E-state index is 12.7. The lowest BCUT2D eigenvalue weighted by molar-refractivity contribution is -0.127. The molecule has 30 heavy (non-hydrogen) atoms. The van der Waals surface area contributed by atoms with Gasteiger partial charge in [-0.3, -0.25) is 19.3 Å². The van der Waals surface area contributed by atoms with E-state index < -0.39 is 17.1 Å². The molecule has 156 valence electrons. The van der Waals surface area contributed by atoms with Crippen molar-refractivity contribution in [3.63, 3.8) is 0 Å². The summed E-state index contributed by atoms with van der Waals surface area (Å²) >= 11 is 2.95. The molecule has 3 rings (SSSR count). The van der Waals surface area contributed by atoms with Crippen LogP contribution < -0.4 is 14.8 Å². The number of hydrogen-bond donors (Lipinski definition) is 1. The van der Waals surface area contributed by atoms with Gasteiger partial charge in [-0.25, -0.2) is 0 Å². The second kappa shape index (κ2) is 9.98. The van der Waals surface area contributed by atoms with Crippen molar-refractivity contribution in [2.24, 2.45) is 0 Å². The second-order valence-corrected chi connectivity index (χ2v) is 8.37. The number of methoxy groups -OCH3 is 1. The lowest BCUT2D eigenvalue weighted by atomic mass is 10.1. The smallest absolute Gasteiger partial charge is 0.294 e. The zero-order chi connectivity index (χ0) is 21.7. The molecular formula is C21H19IN2O5S. The van der Waals surface area contributed by atoms with Gasteiger partial charge in [0.1, 0.15) is 6.54 Å². The van der Waals surface area contributed by atoms with E-state index in [0.29, 0.717) is 29.4 Å². The van der Waals surface area contributed by atoms with E-state index >= 15 is 0 Å². The van der Waals surface area contributed by atoms with Crippen LogP contribution in [0.2, 0.25) is 0 Å². The molecule has 1 saturated heterocycles. The highest BCUT2D eigenvalue weighted by Crippen LogP contribution is 2.37. The van der Waals surface area contributed by atoms with E-state index in [9.17, 15) is 14.4 Å². The third kappa shape index (κ3) is 5.14. The minimum Gasteiger partial charge on any atom is -0.493 e. The predicted octanol–water partition coefficient (Wildman–Crippen LogP) is 4.37. The number of ether oxygens (including phenoxy) is 2. The molecule has 0 spiro atoms. The number of rotatable bonds is 7. The molecule has 2 aromatic rings. The van der Waals surface area contributed by atoms with Crippen molar-refractivity contribution in [3.05, 3.63) is 56.5 Å². The fraction of sp³-hybridized carbons (Fsp3) is 0.190. The summed E-state index contributed by atoms with van der Waals surface area (Å²) in [6.45, 7) is 1.90. The molecule has 0 bridgehead atoms. The topological polar surface area (TPSA) is 84.9 Å². The average Bonchev–Trinajstić information content (AvgIpc) is 2.98. The van der Waals surface area contributed by atoms with Gasteiger partial charge in [-0.05, 0) is 77.7 Å². The number of thioether (sulfide) groups is 1. The van der Waals surface area contributed by atoms with Crippen LogP contribution in [0.3, 0.4) is 0 Å². The van der Waals surface area contributed by atoms with E-state index in [1.165, 1.54) is 7.11 Å². The summed E-state index contributed by atoms with van der Waals surface area (Å²) in [6, 6.07) is 12.5. The van der Waals surface area contributed by atoms with Gasteiger partial charge in [0.05, 0.1) is 18.6 Å². The van der Waals surface area contributed by atoms with Crippen molar-refractivity contribution >= 4 is 63.2 Å². The van der Waals surface area contributed by atoms with Crippen LogP contribution in [0.4, 0.5) is 10.5 Å². The fourth-order valence-corrected chi connectivity index (χ4v) is 3.95. The first-order valence-corrected chi connectivity index (χ1v) is 10.9. The van der Waals surface area contributed by atoms with Gasteiger partial charge in [-0.1, -0.05) is 12.1 Å². The lowest BCUT2D eigenvalue weighted by Crippen LogP contribution is -2.36. The summed E-state index contributed by atoms with van der Waals surface area (Å²) in [7, 11) is 1.53. The van der Waals surface area contributed by atoms with Crippen molar-refractivity contribution in [2.75, 3.05) is 25.6 Å². The Morgan fingerprint density at radius 1 is 1.20 bits per heavy atom. The standard InChI is InChI=1S/C21H19IN2O5S/c1-3-29-19-13(5-4-6-16(19)28-2)11-17-20(26)24(21(27)30-17)12-18(25)23-15-9-7-14(22)8-10-15/h4-11H,3,12H2,1-2H3,(H,23,25)/b17-11+. The molecule has 1 aliphatic rings. The first kappa shape index (κ1) is 22.2. The molecule has 0 saturated carbocycles. The average molecular weight is 538 g/mol. The summed E-state index contributed by atoms with van der Waals surface area (Å²) in [5.41, 5.74) is 1.21. The Bertz CT molecular complexity index is 1010. The van der Waals surface area contributed by atoms with Gasteiger partial charge in [0.2, 0.25) is 5.91 Å². The number of nitrogens with zero attached hydrogens (tertiary/aromatic N) is 1. The van der Waals surface area contributed by atoms with Crippen molar-refractivity contribution in [1.82, 2.24) is 4.90 Å². The van der Waals surface area contributed by atoms with Gasteiger partial charge in [0, 0.05) is 14.8 Å². The number of amides is 3. The first-order chi connectivity index (χ1) is 14.4. The molecule has 9 heteroatoms. The molecule has 0 aromatic heterocycles.